The molecule has 2 aromatic carbocycles. The summed E-state index contributed by atoms with van der Waals surface area (Å²) in [6.07, 6.45) is 3.59. The number of benzene rings is 2. The molecule has 22 heavy (non-hydrogen) atoms. The summed E-state index contributed by atoms with van der Waals surface area (Å²) in [5.74, 6) is 1.92. The van der Waals surface area contributed by atoms with Gasteiger partial charge in [-0.25, -0.2) is 0 Å². The maximum Gasteiger partial charge on any atom is 0.126 e. The summed E-state index contributed by atoms with van der Waals surface area (Å²) in [5, 5.41) is 0. The first-order valence-corrected chi connectivity index (χ1v) is 8.05. The van der Waals surface area contributed by atoms with E-state index in [9.17, 15) is 0 Å². The van der Waals surface area contributed by atoms with Gasteiger partial charge < -0.3 is 4.74 Å². The van der Waals surface area contributed by atoms with Gasteiger partial charge in [-0.1, -0.05) is 64.1 Å². The highest BCUT2D eigenvalue weighted by atomic mass is 16.5. The van der Waals surface area contributed by atoms with Gasteiger partial charge in [0, 0.05) is 0 Å². The minimum atomic E-state index is 0.509. The molecule has 0 amide bonds. The standard InChI is InChI=1S/C21H26O/c1-6-13-22-19-10-7-17(8-11-19)21-14-18(15(2)3)9-12-20(21)16(4)5/h6-16H,1-5H3. The molecule has 0 spiro atoms. The van der Waals surface area contributed by atoms with Crippen molar-refractivity contribution in [3.05, 3.63) is 65.9 Å². The minimum absolute atomic E-state index is 0.509. The summed E-state index contributed by atoms with van der Waals surface area (Å²) >= 11 is 0. The third kappa shape index (κ3) is 3.79. The molecular weight excluding hydrogens is 268 g/mol. The van der Waals surface area contributed by atoms with Gasteiger partial charge in [0.15, 0.2) is 0 Å². The van der Waals surface area contributed by atoms with E-state index < -0.39 is 0 Å². The molecule has 0 aliphatic heterocycles. The molecule has 0 unspecified atom stereocenters. The highest BCUT2D eigenvalue weighted by Crippen LogP contribution is 2.33. The number of hydrogen-bond donors (Lipinski definition) is 0. The van der Waals surface area contributed by atoms with Gasteiger partial charge in [0.2, 0.25) is 0 Å². The molecule has 0 aliphatic carbocycles. The Morgan fingerprint density at radius 1 is 0.864 bits per heavy atom. The molecule has 1 heteroatoms. The smallest absolute Gasteiger partial charge is 0.126 e. The third-order valence-electron chi connectivity index (χ3n) is 3.87. The Morgan fingerprint density at radius 2 is 1.55 bits per heavy atom. The van der Waals surface area contributed by atoms with Gasteiger partial charge in [0.1, 0.15) is 5.75 Å². The third-order valence-corrected chi connectivity index (χ3v) is 3.87. The average Bonchev–Trinajstić information content (AvgIpc) is 2.52. The zero-order chi connectivity index (χ0) is 16.1. The largest absolute Gasteiger partial charge is 0.465 e. The zero-order valence-corrected chi connectivity index (χ0v) is 14.3. The second-order valence-electron chi connectivity index (χ2n) is 6.27. The lowest BCUT2D eigenvalue weighted by molar-refractivity contribution is 0.480. The number of allylic oxidation sites excluding steroid dienone is 1. The number of ether oxygens (including phenoxy) is 1. The Bertz CT molecular complexity index is 633. The molecule has 0 fully saturated rings. The van der Waals surface area contributed by atoms with E-state index in [4.69, 9.17) is 4.74 Å². The second-order valence-corrected chi connectivity index (χ2v) is 6.27. The maximum atomic E-state index is 5.51. The van der Waals surface area contributed by atoms with Gasteiger partial charge in [-0.2, -0.15) is 0 Å². The quantitative estimate of drug-likeness (QED) is 0.571. The molecule has 2 rings (SSSR count). The fourth-order valence-corrected chi connectivity index (χ4v) is 2.55. The molecule has 0 aliphatic rings. The fourth-order valence-electron chi connectivity index (χ4n) is 2.55. The monoisotopic (exact) mass is 294 g/mol. The first-order valence-electron chi connectivity index (χ1n) is 8.05. The van der Waals surface area contributed by atoms with E-state index in [1.165, 1.54) is 22.3 Å². The van der Waals surface area contributed by atoms with Gasteiger partial charge >= 0.3 is 0 Å². The van der Waals surface area contributed by atoms with Crippen LogP contribution in [-0.4, -0.2) is 0 Å². The topological polar surface area (TPSA) is 9.23 Å². The Morgan fingerprint density at radius 3 is 2.09 bits per heavy atom. The molecular formula is C21H26O. The Labute approximate surface area is 134 Å². The van der Waals surface area contributed by atoms with Gasteiger partial charge in [-0.15, -0.1) is 0 Å². The second kappa shape index (κ2) is 7.31. The fraction of sp³-hybridized carbons (Fsp3) is 0.333. The van der Waals surface area contributed by atoms with E-state index in [1.54, 1.807) is 6.26 Å². The first kappa shape index (κ1) is 16.4. The lowest BCUT2D eigenvalue weighted by Gasteiger charge is -2.16. The van der Waals surface area contributed by atoms with Crippen molar-refractivity contribution in [2.75, 3.05) is 0 Å². The summed E-state index contributed by atoms with van der Waals surface area (Å²) in [5.41, 5.74) is 5.36. The van der Waals surface area contributed by atoms with Crippen molar-refractivity contribution in [1.82, 2.24) is 0 Å². The van der Waals surface area contributed by atoms with Crippen molar-refractivity contribution in [2.45, 2.75) is 46.5 Å². The maximum absolute atomic E-state index is 5.51. The Balaban J connectivity index is 2.43. The van der Waals surface area contributed by atoms with Crippen LogP contribution in [0.5, 0.6) is 5.75 Å². The molecule has 0 saturated carbocycles. The van der Waals surface area contributed by atoms with E-state index in [2.05, 4.69) is 58.0 Å². The Hall–Kier alpha value is -2.02. The van der Waals surface area contributed by atoms with Crippen molar-refractivity contribution in [3.63, 3.8) is 0 Å². The molecule has 2 aromatic rings. The Kier molecular flexibility index (Phi) is 5.43. The molecule has 0 heterocycles. The van der Waals surface area contributed by atoms with Crippen molar-refractivity contribution in [2.24, 2.45) is 0 Å². The van der Waals surface area contributed by atoms with Crippen molar-refractivity contribution in [1.29, 1.82) is 0 Å². The molecule has 0 N–H and O–H groups in total. The van der Waals surface area contributed by atoms with E-state index in [0.29, 0.717) is 11.8 Å². The van der Waals surface area contributed by atoms with Crippen LogP contribution in [-0.2, 0) is 0 Å². The lowest BCUT2D eigenvalue weighted by atomic mass is 9.89. The minimum Gasteiger partial charge on any atom is -0.465 e. The zero-order valence-electron chi connectivity index (χ0n) is 14.3. The summed E-state index contributed by atoms with van der Waals surface area (Å²) in [4.78, 5) is 0. The van der Waals surface area contributed by atoms with Crippen molar-refractivity contribution >= 4 is 0 Å². The van der Waals surface area contributed by atoms with Crippen LogP contribution in [0.3, 0.4) is 0 Å². The van der Waals surface area contributed by atoms with Crippen LogP contribution in [0.25, 0.3) is 11.1 Å². The number of rotatable bonds is 5. The molecule has 0 radical (unpaired) electrons. The van der Waals surface area contributed by atoms with Gasteiger partial charge in [0.25, 0.3) is 0 Å². The van der Waals surface area contributed by atoms with Gasteiger partial charge in [0.05, 0.1) is 6.26 Å². The van der Waals surface area contributed by atoms with E-state index in [1.807, 2.05) is 25.1 Å². The highest BCUT2D eigenvalue weighted by Gasteiger charge is 2.11. The van der Waals surface area contributed by atoms with Crippen LogP contribution >= 0.6 is 0 Å². The molecule has 1 nitrogen and oxygen atoms in total. The van der Waals surface area contributed by atoms with Crippen LogP contribution in [0.1, 0.15) is 57.6 Å². The van der Waals surface area contributed by atoms with Gasteiger partial charge in [-0.05, 0) is 53.1 Å². The molecule has 0 saturated heterocycles. The van der Waals surface area contributed by atoms with Crippen molar-refractivity contribution in [3.8, 4) is 16.9 Å². The van der Waals surface area contributed by atoms with Gasteiger partial charge in [-0.3, -0.25) is 0 Å². The predicted octanol–water partition coefficient (Wildman–Crippen LogP) is 6.51. The summed E-state index contributed by atoms with van der Waals surface area (Å²) in [6, 6.07) is 15.2. The first-order chi connectivity index (χ1) is 10.5. The molecule has 116 valence electrons. The van der Waals surface area contributed by atoms with E-state index in [0.717, 1.165) is 5.75 Å². The van der Waals surface area contributed by atoms with Crippen molar-refractivity contribution < 1.29 is 4.74 Å². The molecule has 0 atom stereocenters. The highest BCUT2D eigenvalue weighted by molar-refractivity contribution is 5.69. The van der Waals surface area contributed by atoms with E-state index >= 15 is 0 Å². The summed E-state index contributed by atoms with van der Waals surface area (Å²) in [6.45, 7) is 10.9. The molecule has 0 aromatic heterocycles. The van der Waals surface area contributed by atoms with Crippen LogP contribution in [0, 0.1) is 0 Å². The average molecular weight is 294 g/mol. The van der Waals surface area contributed by atoms with E-state index in [-0.39, 0.29) is 0 Å². The van der Waals surface area contributed by atoms with Crippen LogP contribution in [0.15, 0.2) is 54.8 Å². The number of hydrogen-bond acceptors (Lipinski definition) is 1. The summed E-state index contributed by atoms with van der Waals surface area (Å²) < 4.78 is 5.51. The predicted molar refractivity (Wildman–Crippen MR) is 95.5 cm³/mol. The summed E-state index contributed by atoms with van der Waals surface area (Å²) in [7, 11) is 0. The van der Waals surface area contributed by atoms with Crippen LogP contribution in [0.4, 0.5) is 0 Å². The normalized spacial score (nSPS) is 11.6. The van der Waals surface area contributed by atoms with Crippen LogP contribution < -0.4 is 4.74 Å². The van der Waals surface area contributed by atoms with Crippen LogP contribution in [0.2, 0.25) is 0 Å². The molecule has 0 bridgehead atoms. The lowest BCUT2D eigenvalue weighted by Crippen LogP contribution is -1.96. The SMILES string of the molecule is CC=COc1ccc(-c2cc(C(C)C)ccc2C(C)C)cc1.